The molecule has 0 bridgehead atoms. The van der Waals surface area contributed by atoms with E-state index >= 15 is 0 Å². The lowest BCUT2D eigenvalue weighted by Crippen LogP contribution is -2.40. The van der Waals surface area contributed by atoms with Crippen molar-refractivity contribution in [2.24, 2.45) is 23.5 Å². The minimum Gasteiger partial charge on any atom is -0.385 e. The zero-order chi connectivity index (χ0) is 23.1. The van der Waals surface area contributed by atoms with E-state index in [-0.39, 0.29) is 5.92 Å². The van der Waals surface area contributed by atoms with Gasteiger partial charge in [0.05, 0.1) is 6.54 Å². The zero-order valence-corrected chi connectivity index (χ0v) is 18.0. The second-order valence-electron chi connectivity index (χ2n) is 8.55. The van der Waals surface area contributed by atoms with Crippen molar-refractivity contribution in [2.45, 2.75) is 19.6 Å². The first kappa shape index (κ1) is 21.0. The molecule has 33 heavy (non-hydrogen) atoms. The third-order valence-electron chi connectivity index (χ3n) is 6.26. The number of aromatic nitrogens is 3. The van der Waals surface area contributed by atoms with Crippen molar-refractivity contribution in [1.29, 1.82) is 0 Å². The summed E-state index contributed by atoms with van der Waals surface area (Å²) in [6, 6.07) is 9.62. The Morgan fingerprint density at radius 1 is 1.27 bits per heavy atom. The van der Waals surface area contributed by atoms with Crippen LogP contribution in [0.25, 0.3) is 11.3 Å². The molecule has 2 aliphatic rings. The molecule has 2 amide bonds. The molecule has 3 heterocycles. The van der Waals surface area contributed by atoms with Crippen LogP contribution in [0.15, 0.2) is 47.2 Å². The molecule has 1 aliphatic heterocycles. The highest BCUT2D eigenvalue weighted by atomic mass is 16.5. The Morgan fingerprint density at radius 2 is 2.00 bits per heavy atom. The van der Waals surface area contributed by atoms with Crippen LogP contribution in [0, 0.1) is 29.6 Å². The number of hydrogen-bond acceptors (Lipinski definition) is 6. The summed E-state index contributed by atoms with van der Waals surface area (Å²) >= 11 is 0. The quantitative estimate of drug-likeness (QED) is 0.459. The van der Waals surface area contributed by atoms with Gasteiger partial charge in [-0.2, -0.15) is 0 Å². The summed E-state index contributed by atoms with van der Waals surface area (Å²) in [6.45, 7) is 3.23. The average Bonchev–Trinajstić information content (AvgIpc) is 3.29. The smallest absolute Gasteiger partial charge is 0.311 e. The van der Waals surface area contributed by atoms with Gasteiger partial charge in [0.2, 0.25) is 0 Å². The Hall–Kier alpha value is -3.90. The Balaban J connectivity index is 1.19. The molecule has 2 aromatic heterocycles. The summed E-state index contributed by atoms with van der Waals surface area (Å²) in [7, 11) is 0. The highest BCUT2D eigenvalue weighted by Gasteiger charge is 2.56. The van der Waals surface area contributed by atoms with Gasteiger partial charge in [-0.15, -0.1) is 0 Å². The molecule has 2 fully saturated rings. The van der Waals surface area contributed by atoms with E-state index in [1.54, 1.807) is 19.3 Å². The normalized spacial score (nSPS) is 21.8. The molecule has 0 spiro atoms. The lowest BCUT2D eigenvalue weighted by atomic mass is 10.1. The summed E-state index contributed by atoms with van der Waals surface area (Å²) < 4.78 is 7.33. The molecule has 0 radical (unpaired) electrons. The lowest BCUT2D eigenvalue weighted by molar-refractivity contribution is -0.143. The van der Waals surface area contributed by atoms with Gasteiger partial charge in [-0.25, -0.2) is 4.98 Å². The van der Waals surface area contributed by atoms with Crippen molar-refractivity contribution >= 4 is 11.8 Å². The van der Waals surface area contributed by atoms with Crippen LogP contribution in [0.2, 0.25) is 0 Å². The van der Waals surface area contributed by atoms with Crippen LogP contribution in [0.4, 0.5) is 0 Å². The minimum absolute atomic E-state index is 0.258. The number of imidazole rings is 1. The van der Waals surface area contributed by atoms with Crippen LogP contribution < -0.4 is 5.73 Å². The van der Waals surface area contributed by atoms with E-state index in [0.717, 1.165) is 16.8 Å². The van der Waals surface area contributed by atoms with Gasteiger partial charge in [0, 0.05) is 48.6 Å². The van der Waals surface area contributed by atoms with Crippen LogP contribution in [0.1, 0.15) is 30.1 Å². The SMILES string of the molecule is C[C@H](O)c1nccn1Cc1cc(-c2ccc(C#CC3[C@H]4CN(C(=O)C(N)=O)C[C@@H]34)cc2)on1. The fourth-order valence-corrected chi connectivity index (χ4v) is 4.47. The van der Waals surface area contributed by atoms with Gasteiger partial charge in [0.15, 0.2) is 5.76 Å². The Labute approximate surface area is 190 Å². The largest absolute Gasteiger partial charge is 0.385 e. The molecule has 9 heteroatoms. The Bertz CT molecular complexity index is 1250. The molecule has 1 aliphatic carbocycles. The average molecular weight is 445 g/mol. The minimum atomic E-state index is -0.899. The van der Waals surface area contributed by atoms with Crippen LogP contribution >= 0.6 is 0 Å². The number of piperidine rings is 1. The molecule has 9 nitrogen and oxygen atoms in total. The number of carbonyl (C=O) groups excluding carboxylic acids is 2. The first-order valence-electron chi connectivity index (χ1n) is 10.8. The first-order chi connectivity index (χ1) is 15.9. The number of benzene rings is 1. The third kappa shape index (κ3) is 4.13. The summed E-state index contributed by atoms with van der Waals surface area (Å²) in [6.07, 6.45) is 2.78. The molecule has 1 unspecified atom stereocenters. The fourth-order valence-electron chi connectivity index (χ4n) is 4.47. The summed E-state index contributed by atoms with van der Waals surface area (Å²) in [5, 5.41) is 13.9. The van der Waals surface area contributed by atoms with E-state index in [1.807, 2.05) is 34.9 Å². The number of likely N-dealkylation sites (tertiary alicyclic amines) is 1. The molecule has 5 rings (SSSR count). The Morgan fingerprint density at radius 3 is 2.67 bits per heavy atom. The number of nitrogens with two attached hydrogens (primary N) is 1. The van der Waals surface area contributed by atoms with E-state index in [0.29, 0.717) is 43.1 Å². The monoisotopic (exact) mass is 445 g/mol. The van der Waals surface area contributed by atoms with Crippen molar-refractivity contribution in [3.63, 3.8) is 0 Å². The highest BCUT2D eigenvalue weighted by molar-refractivity contribution is 6.34. The number of aliphatic hydroxyl groups excluding tert-OH is 1. The van der Waals surface area contributed by atoms with E-state index in [2.05, 4.69) is 22.0 Å². The zero-order valence-electron chi connectivity index (χ0n) is 18.0. The highest BCUT2D eigenvalue weighted by Crippen LogP contribution is 2.51. The van der Waals surface area contributed by atoms with Crippen molar-refractivity contribution in [3.8, 4) is 23.2 Å². The van der Waals surface area contributed by atoms with Crippen LogP contribution in [-0.2, 0) is 16.1 Å². The molecular weight excluding hydrogens is 422 g/mol. The van der Waals surface area contributed by atoms with E-state index in [9.17, 15) is 14.7 Å². The van der Waals surface area contributed by atoms with Crippen molar-refractivity contribution < 1.29 is 19.2 Å². The number of nitrogens with zero attached hydrogens (tertiary/aromatic N) is 4. The first-order valence-corrected chi connectivity index (χ1v) is 10.8. The molecular formula is C24H23N5O4. The van der Waals surface area contributed by atoms with Gasteiger partial charge < -0.3 is 24.8 Å². The maximum Gasteiger partial charge on any atom is 0.311 e. The summed E-state index contributed by atoms with van der Waals surface area (Å²) in [5.41, 5.74) is 7.59. The molecule has 3 aromatic rings. The lowest BCUT2D eigenvalue weighted by Gasteiger charge is -2.16. The predicted molar refractivity (Wildman–Crippen MR) is 117 cm³/mol. The second kappa shape index (κ2) is 8.22. The van der Waals surface area contributed by atoms with E-state index in [1.165, 1.54) is 4.90 Å². The maximum absolute atomic E-state index is 11.7. The van der Waals surface area contributed by atoms with Crippen LogP contribution in [-0.4, -0.2) is 49.6 Å². The number of amides is 2. The van der Waals surface area contributed by atoms with Gasteiger partial charge >= 0.3 is 11.8 Å². The predicted octanol–water partition coefficient (Wildman–Crippen LogP) is 1.18. The molecule has 1 aromatic carbocycles. The van der Waals surface area contributed by atoms with E-state index < -0.39 is 17.9 Å². The number of fused-ring (bicyclic) bond motifs is 1. The number of hydrogen-bond donors (Lipinski definition) is 2. The topological polar surface area (TPSA) is 127 Å². The third-order valence-corrected chi connectivity index (χ3v) is 6.26. The van der Waals surface area contributed by atoms with Crippen molar-refractivity contribution in [2.75, 3.05) is 13.1 Å². The van der Waals surface area contributed by atoms with Gasteiger partial charge in [0.1, 0.15) is 17.6 Å². The van der Waals surface area contributed by atoms with Gasteiger partial charge in [0.25, 0.3) is 0 Å². The van der Waals surface area contributed by atoms with Gasteiger partial charge in [-0.1, -0.05) is 17.0 Å². The standard InChI is InChI=1S/C24H23N5O4/c1-14(30)23-26-8-9-28(23)11-17-10-21(33-27-17)16-5-2-15(3-6-16)4-7-18-19-12-29(13-20(18)19)24(32)22(25)31/h2-3,5-6,8-10,14,18-20,30H,11-13H2,1H3,(H2,25,31)/t14-,18?,19-,20+/m0/s1. The van der Waals surface area contributed by atoms with Crippen molar-refractivity contribution in [1.82, 2.24) is 19.6 Å². The fraction of sp³-hybridized carbons (Fsp3) is 0.333. The Kier molecular flexibility index (Phi) is 5.23. The summed E-state index contributed by atoms with van der Waals surface area (Å²) in [5.74, 6) is 7.15. The van der Waals surface area contributed by atoms with E-state index in [4.69, 9.17) is 10.3 Å². The molecule has 1 saturated heterocycles. The second-order valence-corrected chi connectivity index (χ2v) is 8.55. The molecule has 168 valence electrons. The molecule has 3 N–H and O–H groups in total. The van der Waals surface area contributed by atoms with Gasteiger partial charge in [-0.3, -0.25) is 9.59 Å². The molecule has 4 atom stereocenters. The van der Waals surface area contributed by atoms with Crippen LogP contribution in [0.5, 0.6) is 0 Å². The van der Waals surface area contributed by atoms with Crippen molar-refractivity contribution in [3.05, 3.63) is 59.8 Å². The summed E-state index contributed by atoms with van der Waals surface area (Å²) in [4.78, 5) is 28.4. The maximum atomic E-state index is 11.7. The molecule has 1 saturated carbocycles. The number of primary amides is 1. The number of rotatable bonds is 4. The number of carbonyl (C=O) groups is 2. The van der Waals surface area contributed by atoms with Crippen LogP contribution in [0.3, 0.4) is 0 Å². The van der Waals surface area contributed by atoms with Gasteiger partial charge in [-0.05, 0) is 43.0 Å². The number of aliphatic hydroxyl groups is 1.